The first-order valence-corrected chi connectivity index (χ1v) is 15.6. The van der Waals surface area contributed by atoms with Crippen molar-refractivity contribution in [1.82, 2.24) is 4.90 Å². The van der Waals surface area contributed by atoms with Crippen LogP contribution in [0, 0.1) is 22.7 Å². The third kappa shape index (κ3) is 19.2. The molecule has 0 N–H and O–H groups in total. The third-order valence-electron chi connectivity index (χ3n) is 7.46. The predicted molar refractivity (Wildman–Crippen MR) is 162 cm³/mol. The van der Waals surface area contributed by atoms with Crippen molar-refractivity contribution in [3.05, 3.63) is 0 Å². The molecule has 1 aliphatic heterocycles. The van der Waals surface area contributed by atoms with Crippen LogP contribution < -0.4 is 0 Å². The van der Waals surface area contributed by atoms with Crippen LogP contribution in [-0.4, -0.2) is 23.5 Å². The van der Waals surface area contributed by atoms with Crippen LogP contribution >= 0.6 is 0 Å². The quantitative estimate of drug-likeness (QED) is 0.331. The zero-order valence-electron chi connectivity index (χ0n) is 27.3. The topological polar surface area (TPSA) is 3.24 Å². The minimum atomic E-state index is 0.413. The first-order valence-electron chi connectivity index (χ1n) is 15.6. The van der Waals surface area contributed by atoms with Crippen LogP contribution in [0.1, 0.15) is 174 Å². The first-order chi connectivity index (χ1) is 15.8. The Balaban J connectivity index is -0.000000381. The second-order valence-electron chi connectivity index (χ2n) is 12.9. The lowest BCUT2D eigenvalue weighted by Crippen LogP contribution is -2.38. The molecule has 0 atom stereocenters. The van der Waals surface area contributed by atoms with E-state index in [1.165, 1.54) is 83.7 Å². The number of nitrogens with zero attached hydrogens (tertiary/aromatic N) is 1. The molecule has 210 valence electrons. The van der Waals surface area contributed by atoms with E-state index in [4.69, 9.17) is 0 Å². The first kappa shape index (κ1) is 38.5. The molecule has 3 fully saturated rings. The van der Waals surface area contributed by atoms with Gasteiger partial charge in [0.1, 0.15) is 0 Å². The van der Waals surface area contributed by atoms with Crippen molar-refractivity contribution in [1.29, 1.82) is 0 Å². The van der Waals surface area contributed by atoms with Crippen LogP contribution in [0.5, 0.6) is 0 Å². The molecule has 0 bridgehead atoms. The minimum absolute atomic E-state index is 0.413. The SMILES string of the molecule is CC.CC.CC.CC(C)(C)C1CCCC1.CC(C)(C)C1CCCCC1.CC(C)(C)N1CCCC1. The van der Waals surface area contributed by atoms with Crippen molar-refractivity contribution in [2.75, 3.05) is 13.1 Å². The van der Waals surface area contributed by atoms with Gasteiger partial charge < -0.3 is 0 Å². The molecule has 1 nitrogen and oxygen atoms in total. The number of hydrogen-bond acceptors (Lipinski definition) is 1. The lowest BCUT2D eigenvalue weighted by Gasteiger charge is -2.33. The van der Waals surface area contributed by atoms with Gasteiger partial charge >= 0.3 is 0 Å². The highest BCUT2D eigenvalue weighted by atomic mass is 15.2. The van der Waals surface area contributed by atoms with E-state index in [9.17, 15) is 0 Å². The number of hydrogen-bond donors (Lipinski definition) is 0. The molecule has 0 amide bonds. The summed E-state index contributed by atoms with van der Waals surface area (Å²) in [7, 11) is 0. The fourth-order valence-corrected chi connectivity index (χ4v) is 5.15. The van der Waals surface area contributed by atoms with E-state index in [0.29, 0.717) is 16.4 Å². The maximum absolute atomic E-state index is 2.55. The predicted octanol–water partition coefficient (Wildman–Crippen LogP) is 11.8. The van der Waals surface area contributed by atoms with Crippen molar-refractivity contribution in [3.63, 3.8) is 0 Å². The molecule has 3 aliphatic rings. The van der Waals surface area contributed by atoms with Crippen LogP contribution in [0.4, 0.5) is 0 Å². The Morgan fingerprint density at radius 2 is 0.676 bits per heavy atom. The van der Waals surface area contributed by atoms with Crippen LogP contribution in [0.2, 0.25) is 0 Å². The van der Waals surface area contributed by atoms with Gasteiger partial charge in [0.05, 0.1) is 0 Å². The van der Waals surface area contributed by atoms with E-state index in [0.717, 1.165) is 11.8 Å². The lowest BCUT2D eigenvalue weighted by molar-refractivity contribution is 0.175. The molecule has 0 spiro atoms. The van der Waals surface area contributed by atoms with E-state index < -0.39 is 0 Å². The second-order valence-corrected chi connectivity index (χ2v) is 12.9. The molecule has 0 radical (unpaired) electrons. The van der Waals surface area contributed by atoms with Crippen molar-refractivity contribution < 1.29 is 0 Å². The van der Waals surface area contributed by atoms with Gasteiger partial charge in [-0.05, 0) is 95.1 Å². The molecule has 0 aromatic rings. The summed E-state index contributed by atoms with van der Waals surface area (Å²) in [5.41, 5.74) is 1.56. The third-order valence-corrected chi connectivity index (χ3v) is 7.46. The van der Waals surface area contributed by atoms with E-state index in [1.54, 1.807) is 0 Å². The maximum atomic E-state index is 2.55. The summed E-state index contributed by atoms with van der Waals surface area (Å²) < 4.78 is 0. The average Bonchev–Trinajstić information content (AvgIpc) is 3.53. The molecular formula is C33H73N. The van der Waals surface area contributed by atoms with Crippen LogP contribution in [0.25, 0.3) is 0 Å². The largest absolute Gasteiger partial charge is 0.298 e. The van der Waals surface area contributed by atoms with Gasteiger partial charge in [-0.25, -0.2) is 0 Å². The summed E-state index contributed by atoms with van der Waals surface area (Å²) in [4.78, 5) is 2.55. The molecule has 2 saturated carbocycles. The van der Waals surface area contributed by atoms with E-state index in [-0.39, 0.29) is 0 Å². The molecule has 3 rings (SSSR count). The summed E-state index contributed by atoms with van der Waals surface area (Å²) in [5.74, 6) is 2.01. The van der Waals surface area contributed by atoms with Gasteiger partial charge in [-0.2, -0.15) is 0 Å². The molecule has 34 heavy (non-hydrogen) atoms. The summed E-state index contributed by atoms with van der Waals surface area (Å²) >= 11 is 0. The highest BCUT2D eigenvalue weighted by molar-refractivity contribution is 4.80. The minimum Gasteiger partial charge on any atom is -0.298 e. The van der Waals surface area contributed by atoms with Crippen molar-refractivity contribution in [3.8, 4) is 0 Å². The Labute approximate surface area is 220 Å². The fourth-order valence-electron chi connectivity index (χ4n) is 5.15. The highest BCUT2D eigenvalue weighted by Gasteiger charge is 2.27. The normalized spacial score (nSPS) is 19.5. The Morgan fingerprint density at radius 3 is 0.853 bits per heavy atom. The summed E-state index contributed by atoms with van der Waals surface area (Å²) in [5, 5.41) is 0. The molecule has 0 aromatic heterocycles. The summed E-state index contributed by atoms with van der Waals surface area (Å²) in [6, 6.07) is 0. The van der Waals surface area contributed by atoms with Gasteiger partial charge in [-0.15, -0.1) is 0 Å². The van der Waals surface area contributed by atoms with Crippen LogP contribution in [-0.2, 0) is 0 Å². The zero-order chi connectivity index (χ0) is 27.4. The van der Waals surface area contributed by atoms with Crippen molar-refractivity contribution in [2.24, 2.45) is 22.7 Å². The molecule has 2 aliphatic carbocycles. The zero-order valence-corrected chi connectivity index (χ0v) is 27.3. The van der Waals surface area contributed by atoms with E-state index in [2.05, 4.69) is 67.2 Å². The van der Waals surface area contributed by atoms with Gasteiger partial charge in [-0.1, -0.05) is 115 Å². The molecular weight excluding hydrogens is 410 g/mol. The standard InChI is InChI=1S/C10H20.C9H18.C8H17N.3C2H6/c1-10(2,3)9-7-5-4-6-8-9;1-9(2,3)8-6-4-5-7-8;1-8(2,3)9-6-4-5-7-9;3*1-2/h9H,4-8H2,1-3H3;8H,4-7H2,1-3H3;4-7H2,1-3H3;3*1-2H3. The Bertz CT molecular complexity index is 360. The maximum Gasteiger partial charge on any atom is 0.0125 e. The monoisotopic (exact) mass is 484 g/mol. The second kappa shape index (κ2) is 21.1. The van der Waals surface area contributed by atoms with Gasteiger partial charge in [0.25, 0.3) is 0 Å². The van der Waals surface area contributed by atoms with E-state index in [1.807, 2.05) is 41.5 Å². The molecule has 1 heterocycles. The lowest BCUT2D eigenvalue weighted by atomic mass is 9.72. The Morgan fingerprint density at radius 1 is 0.412 bits per heavy atom. The molecule has 1 heteroatoms. The van der Waals surface area contributed by atoms with Crippen LogP contribution in [0.15, 0.2) is 0 Å². The van der Waals surface area contributed by atoms with E-state index >= 15 is 0 Å². The van der Waals surface area contributed by atoms with Gasteiger partial charge in [0.15, 0.2) is 0 Å². The number of likely N-dealkylation sites (tertiary alicyclic amines) is 1. The molecule has 0 aromatic carbocycles. The van der Waals surface area contributed by atoms with Gasteiger partial charge in [0, 0.05) is 5.54 Å². The fraction of sp³-hybridized carbons (Fsp3) is 1.00. The smallest absolute Gasteiger partial charge is 0.0125 e. The van der Waals surface area contributed by atoms with Crippen molar-refractivity contribution >= 4 is 0 Å². The Hall–Kier alpha value is -0.0400. The summed E-state index contributed by atoms with van der Waals surface area (Å²) in [6.45, 7) is 35.7. The number of rotatable bonds is 0. The molecule has 1 saturated heterocycles. The van der Waals surface area contributed by atoms with Crippen LogP contribution in [0.3, 0.4) is 0 Å². The van der Waals surface area contributed by atoms with Gasteiger partial charge in [0.2, 0.25) is 0 Å². The highest BCUT2D eigenvalue weighted by Crippen LogP contribution is 2.39. The molecule has 0 unspecified atom stereocenters. The van der Waals surface area contributed by atoms with Gasteiger partial charge in [-0.3, -0.25) is 4.90 Å². The van der Waals surface area contributed by atoms with Crippen molar-refractivity contribution in [2.45, 2.75) is 180 Å². The summed E-state index contributed by atoms with van der Waals surface area (Å²) in [6.07, 6.45) is 16.1. The average molecular weight is 484 g/mol. The Kier molecular flexibility index (Phi) is 23.9.